The van der Waals surface area contributed by atoms with Gasteiger partial charge in [0.15, 0.2) is 0 Å². The van der Waals surface area contributed by atoms with Crippen LogP contribution in [0.3, 0.4) is 0 Å². The molecule has 1 aromatic heterocycles. The molecule has 1 aliphatic rings. The SMILES string of the molecule is COC(=O)c1nc2n(n1)C(c1ccccc1OC)CCN2. The Bertz CT molecular complexity index is 668. The van der Waals surface area contributed by atoms with Crippen molar-refractivity contribution in [1.82, 2.24) is 14.8 Å². The lowest BCUT2D eigenvalue weighted by molar-refractivity contribution is 0.0586. The average molecular weight is 288 g/mol. The molecule has 110 valence electrons. The lowest BCUT2D eigenvalue weighted by atomic mass is 10.0. The Morgan fingerprint density at radius 3 is 2.95 bits per heavy atom. The maximum absolute atomic E-state index is 11.6. The van der Waals surface area contributed by atoms with Crippen molar-refractivity contribution in [3.05, 3.63) is 35.7 Å². The Balaban J connectivity index is 2.04. The van der Waals surface area contributed by atoms with Crippen LogP contribution in [0.4, 0.5) is 5.95 Å². The van der Waals surface area contributed by atoms with Gasteiger partial charge in [-0.2, -0.15) is 4.98 Å². The van der Waals surface area contributed by atoms with E-state index in [1.54, 1.807) is 11.8 Å². The lowest BCUT2D eigenvalue weighted by Crippen LogP contribution is -2.25. The number of rotatable bonds is 3. The number of fused-ring (bicyclic) bond motifs is 1. The number of esters is 1. The largest absolute Gasteiger partial charge is 0.496 e. The molecule has 1 atom stereocenters. The molecule has 0 fully saturated rings. The summed E-state index contributed by atoms with van der Waals surface area (Å²) < 4.78 is 11.8. The molecule has 1 aromatic carbocycles. The number of hydrogen-bond donors (Lipinski definition) is 1. The molecule has 1 aliphatic heterocycles. The summed E-state index contributed by atoms with van der Waals surface area (Å²) in [5.74, 6) is 0.877. The van der Waals surface area contributed by atoms with E-state index in [1.807, 2.05) is 24.3 Å². The standard InChI is InChI=1S/C14H16N4O3/c1-20-11-6-4-3-5-9(11)10-7-8-15-14-16-12(13(19)21-2)17-18(10)14/h3-6,10H,7-8H2,1-2H3,(H,15,16,17). The molecule has 1 N–H and O–H groups in total. The predicted molar refractivity (Wildman–Crippen MR) is 75.6 cm³/mol. The van der Waals surface area contributed by atoms with Crippen molar-refractivity contribution in [3.63, 3.8) is 0 Å². The zero-order valence-corrected chi connectivity index (χ0v) is 11.9. The van der Waals surface area contributed by atoms with Crippen molar-refractivity contribution in [2.45, 2.75) is 12.5 Å². The minimum atomic E-state index is -0.544. The first-order valence-corrected chi connectivity index (χ1v) is 6.66. The van der Waals surface area contributed by atoms with E-state index in [4.69, 9.17) is 4.74 Å². The Morgan fingerprint density at radius 1 is 1.38 bits per heavy atom. The van der Waals surface area contributed by atoms with Crippen LogP contribution in [0.5, 0.6) is 5.75 Å². The number of aromatic nitrogens is 3. The number of ether oxygens (including phenoxy) is 2. The minimum absolute atomic E-state index is 0.0247. The van der Waals surface area contributed by atoms with Gasteiger partial charge >= 0.3 is 5.97 Å². The first-order chi connectivity index (χ1) is 10.2. The van der Waals surface area contributed by atoms with Crippen molar-refractivity contribution in [1.29, 1.82) is 0 Å². The first-order valence-electron chi connectivity index (χ1n) is 6.66. The van der Waals surface area contributed by atoms with Crippen LogP contribution in [-0.4, -0.2) is 41.5 Å². The van der Waals surface area contributed by atoms with Crippen LogP contribution in [0.2, 0.25) is 0 Å². The second-order valence-corrected chi connectivity index (χ2v) is 4.67. The van der Waals surface area contributed by atoms with Gasteiger partial charge in [0.05, 0.1) is 20.3 Å². The third-order valence-corrected chi connectivity index (χ3v) is 3.49. The van der Waals surface area contributed by atoms with Gasteiger partial charge in [-0.05, 0) is 12.5 Å². The maximum atomic E-state index is 11.6. The van der Waals surface area contributed by atoms with Crippen molar-refractivity contribution >= 4 is 11.9 Å². The van der Waals surface area contributed by atoms with E-state index in [9.17, 15) is 4.79 Å². The summed E-state index contributed by atoms with van der Waals surface area (Å²) in [4.78, 5) is 15.8. The fourth-order valence-corrected chi connectivity index (χ4v) is 2.51. The second kappa shape index (κ2) is 5.43. The molecule has 0 aliphatic carbocycles. The molecule has 7 heteroatoms. The topological polar surface area (TPSA) is 78.3 Å². The molecule has 7 nitrogen and oxygen atoms in total. The normalized spacial score (nSPS) is 16.8. The Morgan fingerprint density at radius 2 is 2.19 bits per heavy atom. The Kier molecular flexibility index (Phi) is 3.47. The number of nitrogens with one attached hydrogen (secondary N) is 1. The number of anilines is 1. The molecule has 3 rings (SSSR count). The number of carbonyl (C=O) groups is 1. The second-order valence-electron chi connectivity index (χ2n) is 4.67. The summed E-state index contributed by atoms with van der Waals surface area (Å²) >= 11 is 0. The smallest absolute Gasteiger partial charge is 0.378 e. The van der Waals surface area contributed by atoms with Crippen LogP contribution in [0.1, 0.15) is 28.6 Å². The zero-order chi connectivity index (χ0) is 14.8. The van der Waals surface area contributed by atoms with Crippen molar-refractivity contribution in [2.24, 2.45) is 0 Å². The highest BCUT2D eigenvalue weighted by Crippen LogP contribution is 2.33. The number of benzene rings is 1. The van der Waals surface area contributed by atoms with Gasteiger partial charge in [0.1, 0.15) is 5.75 Å². The molecule has 2 aromatic rings. The van der Waals surface area contributed by atoms with E-state index >= 15 is 0 Å². The van der Waals surface area contributed by atoms with Gasteiger partial charge in [-0.3, -0.25) is 0 Å². The molecule has 0 amide bonds. The molecule has 0 saturated carbocycles. The monoisotopic (exact) mass is 288 g/mol. The molecule has 0 saturated heterocycles. The summed E-state index contributed by atoms with van der Waals surface area (Å²) in [7, 11) is 2.95. The van der Waals surface area contributed by atoms with Crippen LogP contribution >= 0.6 is 0 Å². The Hall–Kier alpha value is -2.57. The molecule has 21 heavy (non-hydrogen) atoms. The van der Waals surface area contributed by atoms with Gasteiger partial charge in [-0.25, -0.2) is 9.48 Å². The summed E-state index contributed by atoms with van der Waals surface area (Å²) in [6, 6.07) is 7.76. The van der Waals surface area contributed by atoms with Crippen molar-refractivity contribution < 1.29 is 14.3 Å². The van der Waals surface area contributed by atoms with E-state index in [2.05, 4.69) is 20.1 Å². The molecular weight excluding hydrogens is 272 g/mol. The fourth-order valence-electron chi connectivity index (χ4n) is 2.51. The van der Waals surface area contributed by atoms with Crippen LogP contribution in [-0.2, 0) is 4.74 Å². The molecule has 0 radical (unpaired) electrons. The maximum Gasteiger partial charge on any atom is 0.378 e. The van der Waals surface area contributed by atoms with Crippen LogP contribution in [0.25, 0.3) is 0 Å². The van der Waals surface area contributed by atoms with Crippen LogP contribution in [0.15, 0.2) is 24.3 Å². The van der Waals surface area contributed by atoms with Gasteiger partial charge in [0.25, 0.3) is 5.82 Å². The zero-order valence-electron chi connectivity index (χ0n) is 11.9. The number of para-hydroxylation sites is 1. The van der Waals surface area contributed by atoms with Crippen LogP contribution in [0, 0.1) is 0 Å². The van der Waals surface area contributed by atoms with Gasteiger partial charge in [0, 0.05) is 12.1 Å². The fraction of sp³-hybridized carbons (Fsp3) is 0.357. The highest BCUT2D eigenvalue weighted by molar-refractivity contribution is 5.85. The molecule has 1 unspecified atom stereocenters. The van der Waals surface area contributed by atoms with E-state index < -0.39 is 5.97 Å². The number of methoxy groups -OCH3 is 2. The summed E-state index contributed by atoms with van der Waals surface area (Å²) in [6.07, 6.45) is 0.831. The number of hydrogen-bond acceptors (Lipinski definition) is 6. The molecule has 0 spiro atoms. The minimum Gasteiger partial charge on any atom is -0.496 e. The summed E-state index contributed by atoms with van der Waals surface area (Å²) in [6.45, 7) is 0.752. The first kappa shape index (κ1) is 13.4. The summed E-state index contributed by atoms with van der Waals surface area (Å²) in [5.41, 5.74) is 1.02. The highest BCUT2D eigenvalue weighted by Gasteiger charge is 2.28. The van der Waals surface area contributed by atoms with E-state index in [0.717, 1.165) is 24.3 Å². The van der Waals surface area contributed by atoms with Crippen LogP contribution < -0.4 is 10.1 Å². The molecule has 0 bridgehead atoms. The Labute approximate surface area is 121 Å². The number of nitrogens with zero attached hydrogens (tertiary/aromatic N) is 3. The van der Waals surface area contributed by atoms with Gasteiger partial charge in [-0.1, -0.05) is 18.2 Å². The van der Waals surface area contributed by atoms with E-state index in [0.29, 0.717) is 5.95 Å². The van der Waals surface area contributed by atoms with Crippen molar-refractivity contribution in [3.8, 4) is 5.75 Å². The van der Waals surface area contributed by atoms with Gasteiger partial charge in [-0.15, -0.1) is 5.10 Å². The van der Waals surface area contributed by atoms with Gasteiger partial charge < -0.3 is 14.8 Å². The van der Waals surface area contributed by atoms with Gasteiger partial charge in [0.2, 0.25) is 5.95 Å². The van der Waals surface area contributed by atoms with Crippen molar-refractivity contribution in [2.75, 3.05) is 26.1 Å². The van der Waals surface area contributed by atoms with E-state index in [-0.39, 0.29) is 11.9 Å². The predicted octanol–water partition coefficient (Wildman–Crippen LogP) is 1.48. The quantitative estimate of drug-likeness (QED) is 0.862. The lowest BCUT2D eigenvalue weighted by Gasteiger charge is -2.25. The van der Waals surface area contributed by atoms with E-state index in [1.165, 1.54) is 7.11 Å². The third-order valence-electron chi connectivity index (χ3n) is 3.49. The number of carbonyl (C=O) groups excluding carboxylic acids is 1. The third kappa shape index (κ3) is 2.31. The summed E-state index contributed by atoms with van der Waals surface area (Å²) in [5, 5.41) is 7.41. The average Bonchev–Trinajstić information content (AvgIpc) is 2.98. The molecular formula is C14H16N4O3. The molecule has 2 heterocycles. The highest BCUT2D eigenvalue weighted by atomic mass is 16.5.